The van der Waals surface area contributed by atoms with Crippen molar-refractivity contribution in [2.45, 2.75) is 45.3 Å². The minimum Gasteiger partial charge on any atom is -0.493 e. The number of hydrogen-bond acceptors (Lipinski definition) is 8. The summed E-state index contributed by atoms with van der Waals surface area (Å²) in [5.74, 6) is -2.44. The van der Waals surface area contributed by atoms with Gasteiger partial charge in [-0.25, -0.2) is 9.78 Å². The van der Waals surface area contributed by atoms with Crippen LogP contribution >= 0.6 is 0 Å². The van der Waals surface area contributed by atoms with Gasteiger partial charge in [0.15, 0.2) is 17.1 Å². The van der Waals surface area contributed by atoms with E-state index in [1.807, 2.05) is 18.2 Å². The first-order valence-corrected chi connectivity index (χ1v) is 12.7. The van der Waals surface area contributed by atoms with E-state index < -0.39 is 36.4 Å². The van der Waals surface area contributed by atoms with Gasteiger partial charge in [-0.3, -0.25) is 9.59 Å². The van der Waals surface area contributed by atoms with Gasteiger partial charge in [0.05, 0.1) is 38.1 Å². The highest BCUT2D eigenvalue weighted by Gasteiger charge is 2.40. The van der Waals surface area contributed by atoms with Gasteiger partial charge in [0.25, 0.3) is 0 Å². The number of carboxylic acids is 3. The summed E-state index contributed by atoms with van der Waals surface area (Å²) in [7, 11) is 3.32. The molecule has 40 heavy (non-hydrogen) atoms. The van der Waals surface area contributed by atoms with E-state index in [1.54, 1.807) is 14.2 Å². The van der Waals surface area contributed by atoms with E-state index in [0.29, 0.717) is 0 Å². The Morgan fingerprint density at radius 3 is 2.05 bits per heavy atom. The van der Waals surface area contributed by atoms with Gasteiger partial charge in [0.2, 0.25) is 0 Å². The number of benzene rings is 2. The van der Waals surface area contributed by atoms with Gasteiger partial charge < -0.3 is 39.4 Å². The molecule has 4 N–H and O–H groups in total. The number of carbonyl (C=O) groups is 3. The number of para-hydroxylation sites is 2. The molecule has 12 nitrogen and oxygen atoms in total. The molecule has 0 saturated heterocycles. The van der Waals surface area contributed by atoms with Gasteiger partial charge in [-0.1, -0.05) is 32.0 Å². The summed E-state index contributed by atoms with van der Waals surface area (Å²) in [5.41, 5.74) is 0.664. The molecular weight excluding hydrogens is 522 g/mol. The van der Waals surface area contributed by atoms with E-state index in [0.717, 1.165) is 61.0 Å². The van der Waals surface area contributed by atoms with Crippen LogP contribution in [0.2, 0.25) is 0 Å². The molecule has 3 rings (SSSR count). The van der Waals surface area contributed by atoms with E-state index in [4.69, 9.17) is 34.9 Å². The molecule has 12 heteroatoms. The lowest BCUT2D eigenvalue weighted by Gasteiger charge is -2.19. The lowest BCUT2D eigenvalue weighted by Crippen LogP contribution is -2.42. The number of carboxylic acid groups (broad SMARTS) is 3. The van der Waals surface area contributed by atoms with Crippen molar-refractivity contribution < 1.29 is 44.3 Å². The zero-order valence-electron chi connectivity index (χ0n) is 23.2. The number of aliphatic carboxylic acids is 3. The highest BCUT2D eigenvalue weighted by atomic mass is 16.5. The molecule has 0 aliphatic rings. The van der Waals surface area contributed by atoms with Crippen LogP contribution in [0, 0.1) is 0 Å². The summed E-state index contributed by atoms with van der Waals surface area (Å²) >= 11 is 0. The molecule has 0 fully saturated rings. The molecule has 1 aromatic heterocycles. The Labute approximate surface area is 232 Å². The number of nitrogens with zero attached hydrogens (tertiary/aromatic N) is 3. The number of likely N-dealkylation sites (N-methyl/N-ethyl adjacent to an activating group) is 1. The van der Waals surface area contributed by atoms with Crippen LogP contribution in [0.1, 0.15) is 38.1 Å². The van der Waals surface area contributed by atoms with Crippen LogP contribution in [0.3, 0.4) is 0 Å². The lowest BCUT2D eigenvalue weighted by molar-refractivity contribution is -0.170. The Hall–Kier alpha value is -4.16. The van der Waals surface area contributed by atoms with E-state index in [2.05, 4.69) is 47.6 Å². The van der Waals surface area contributed by atoms with Crippen LogP contribution in [0.15, 0.2) is 42.5 Å². The monoisotopic (exact) mass is 559 g/mol. The first-order chi connectivity index (χ1) is 19.0. The molecule has 0 saturated carbocycles. The number of methoxy groups -OCH3 is 2. The molecule has 0 bridgehead atoms. The highest BCUT2D eigenvalue weighted by Crippen LogP contribution is 2.29. The highest BCUT2D eigenvalue weighted by molar-refractivity contribution is 5.88. The van der Waals surface area contributed by atoms with Crippen LogP contribution < -0.4 is 9.47 Å². The summed E-state index contributed by atoms with van der Waals surface area (Å²) in [6, 6.07) is 14.4. The van der Waals surface area contributed by atoms with Gasteiger partial charge >= 0.3 is 17.9 Å². The van der Waals surface area contributed by atoms with E-state index in [-0.39, 0.29) is 0 Å². The van der Waals surface area contributed by atoms with Crippen molar-refractivity contribution >= 4 is 28.9 Å². The molecule has 0 atom stereocenters. The Morgan fingerprint density at radius 1 is 0.925 bits per heavy atom. The second-order valence-corrected chi connectivity index (χ2v) is 9.04. The summed E-state index contributed by atoms with van der Waals surface area (Å²) in [5, 5.41) is 33.8. The molecule has 0 radical (unpaired) electrons. The fourth-order valence-corrected chi connectivity index (χ4v) is 4.18. The van der Waals surface area contributed by atoms with Gasteiger partial charge in [-0.2, -0.15) is 0 Å². The third kappa shape index (κ3) is 8.68. The molecule has 0 unspecified atom stereocenters. The van der Waals surface area contributed by atoms with Crippen molar-refractivity contribution in [2.75, 3.05) is 33.9 Å². The largest absolute Gasteiger partial charge is 0.493 e. The van der Waals surface area contributed by atoms with E-state index in [1.165, 1.54) is 5.52 Å². The number of aliphatic hydroxyl groups is 1. The number of hydrogen-bond donors (Lipinski definition) is 4. The Kier molecular flexibility index (Phi) is 11.9. The van der Waals surface area contributed by atoms with Crippen LogP contribution in [0.5, 0.6) is 11.5 Å². The van der Waals surface area contributed by atoms with Crippen molar-refractivity contribution in [3.63, 3.8) is 0 Å². The van der Waals surface area contributed by atoms with Crippen molar-refractivity contribution in [3.05, 3.63) is 53.9 Å². The quantitative estimate of drug-likeness (QED) is 0.229. The number of fused-ring (bicyclic) bond motifs is 1. The zero-order valence-corrected chi connectivity index (χ0v) is 23.2. The molecule has 0 aliphatic carbocycles. The minimum absolute atomic E-state index is 0.747. The second kappa shape index (κ2) is 14.8. The maximum atomic E-state index is 10.3. The maximum Gasteiger partial charge on any atom is 0.336 e. The number of aromatic nitrogens is 2. The summed E-state index contributed by atoms with van der Waals surface area (Å²) in [4.78, 5) is 37.8. The Balaban J connectivity index is 0.000000366. The number of imidazole rings is 1. The fourth-order valence-electron chi connectivity index (χ4n) is 4.18. The Bertz CT molecular complexity index is 1290. The van der Waals surface area contributed by atoms with Crippen molar-refractivity contribution in [1.82, 2.24) is 14.5 Å². The second-order valence-electron chi connectivity index (χ2n) is 9.04. The standard InChI is InChI=1S/C22H29N3O2.C6H8O7/c1-5-24(6-2)13-14-25-19-10-8-7-9-18(19)23-22(25)16-17-11-12-20(26-3)21(15-17)27-4;7-3(8)1-6(13,5(11)12)2-4(9)10/h7-12,15H,5-6,13-14,16H2,1-4H3;13H,1-2H2,(H,7,8)(H,9,10)(H,11,12). The van der Waals surface area contributed by atoms with Gasteiger partial charge in [0.1, 0.15) is 5.82 Å². The summed E-state index contributed by atoms with van der Waals surface area (Å²) < 4.78 is 13.2. The average Bonchev–Trinajstić information content (AvgIpc) is 3.25. The first kappa shape index (κ1) is 32.1. The summed E-state index contributed by atoms with van der Waals surface area (Å²) in [6.45, 7) is 8.50. The van der Waals surface area contributed by atoms with Crippen LogP contribution in [0.4, 0.5) is 0 Å². The van der Waals surface area contributed by atoms with Crippen molar-refractivity contribution in [1.29, 1.82) is 0 Å². The van der Waals surface area contributed by atoms with E-state index >= 15 is 0 Å². The fraction of sp³-hybridized carbons (Fsp3) is 0.429. The van der Waals surface area contributed by atoms with Gasteiger partial charge in [-0.15, -0.1) is 0 Å². The smallest absolute Gasteiger partial charge is 0.336 e. The predicted molar refractivity (Wildman–Crippen MR) is 147 cm³/mol. The molecule has 0 aliphatic heterocycles. The molecule has 0 spiro atoms. The zero-order chi connectivity index (χ0) is 29.9. The van der Waals surface area contributed by atoms with Gasteiger partial charge in [-0.05, 0) is 42.9 Å². The number of ether oxygens (including phenoxy) is 2. The van der Waals surface area contributed by atoms with Crippen molar-refractivity contribution in [3.8, 4) is 11.5 Å². The predicted octanol–water partition coefficient (Wildman–Crippen LogP) is 2.74. The Morgan fingerprint density at radius 2 is 1.52 bits per heavy atom. The molecule has 3 aromatic rings. The van der Waals surface area contributed by atoms with Crippen LogP contribution in [-0.2, 0) is 27.3 Å². The molecule has 2 aromatic carbocycles. The van der Waals surface area contributed by atoms with Crippen molar-refractivity contribution in [2.24, 2.45) is 0 Å². The minimum atomic E-state index is -2.74. The SMILES string of the molecule is CCN(CC)CCn1c(Cc2ccc(OC)c(OC)c2)nc2ccccc21.O=C(O)CC(O)(CC(=O)O)C(=O)O. The normalized spacial score (nSPS) is 11.2. The molecule has 0 amide bonds. The number of rotatable bonds is 14. The molecular formula is C28H37N3O9. The average molecular weight is 560 g/mol. The van der Waals surface area contributed by atoms with E-state index in [9.17, 15) is 14.4 Å². The summed E-state index contributed by atoms with van der Waals surface area (Å²) in [6.07, 6.45) is -1.53. The third-order valence-corrected chi connectivity index (χ3v) is 6.36. The molecule has 1 heterocycles. The first-order valence-electron chi connectivity index (χ1n) is 12.7. The van der Waals surface area contributed by atoms with Gasteiger partial charge in [0, 0.05) is 19.5 Å². The van der Waals surface area contributed by atoms with Crippen LogP contribution in [-0.4, -0.2) is 92.2 Å². The van der Waals surface area contributed by atoms with Crippen LogP contribution in [0.25, 0.3) is 11.0 Å². The lowest BCUT2D eigenvalue weighted by atomic mass is 9.96. The maximum absolute atomic E-state index is 10.3. The topological polar surface area (TPSA) is 172 Å². The third-order valence-electron chi connectivity index (χ3n) is 6.36. The molecule has 218 valence electrons.